The summed E-state index contributed by atoms with van der Waals surface area (Å²) in [6, 6.07) is 16.5. The molecule has 7 heteroatoms. The van der Waals surface area contributed by atoms with Crippen LogP contribution in [0.1, 0.15) is 0 Å². The van der Waals surface area contributed by atoms with Crippen molar-refractivity contribution >= 4 is 21.9 Å². The largest absolute Gasteiger partial charge is 0.497 e. The lowest BCUT2D eigenvalue weighted by atomic mass is 10.1. The van der Waals surface area contributed by atoms with Crippen molar-refractivity contribution in [2.45, 2.75) is 0 Å². The molecule has 3 heterocycles. The molecule has 0 aliphatic heterocycles. The quantitative estimate of drug-likeness (QED) is 0.442. The molecule has 136 valence electrons. The first-order valence-electron chi connectivity index (χ1n) is 8.52. The first-order chi connectivity index (χ1) is 13.7. The summed E-state index contributed by atoms with van der Waals surface area (Å²) in [5.41, 5.74) is 1.63. The minimum absolute atomic E-state index is 0.0848. The van der Waals surface area contributed by atoms with E-state index in [1.165, 1.54) is 0 Å². The molecule has 0 unspecified atom stereocenters. The van der Waals surface area contributed by atoms with E-state index in [4.69, 9.17) is 13.6 Å². The van der Waals surface area contributed by atoms with E-state index < -0.39 is 5.63 Å². The maximum atomic E-state index is 12.4. The number of aromatic nitrogens is 3. The van der Waals surface area contributed by atoms with Crippen molar-refractivity contribution < 1.29 is 13.6 Å². The van der Waals surface area contributed by atoms with E-state index in [-0.39, 0.29) is 17.3 Å². The summed E-state index contributed by atoms with van der Waals surface area (Å²) in [5, 5.41) is 9.73. The molecule has 2 aromatic carbocycles. The Morgan fingerprint density at radius 2 is 1.75 bits per heavy atom. The van der Waals surface area contributed by atoms with E-state index in [1.807, 2.05) is 30.3 Å². The Kier molecular flexibility index (Phi) is 3.65. The van der Waals surface area contributed by atoms with Crippen molar-refractivity contribution in [1.29, 1.82) is 0 Å². The lowest BCUT2D eigenvalue weighted by molar-refractivity contribution is 0.415. The van der Waals surface area contributed by atoms with Gasteiger partial charge < -0.3 is 13.6 Å². The summed E-state index contributed by atoms with van der Waals surface area (Å²) in [5.74, 6) is 1.01. The van der Waals surface area contributed by atoms with Crippen molar-refractivity contribution in [3.63, 3.8) is 0 Å². The highest BCUT2D eigenvalue weighted by atomic mass is 16.5. The van der Waals surface area contributed by atoms with Crippen molar-refractivity contribution in [3.05, 3.63) is 71.2 Å². The molecule has 28 heavy (non-hydrogen) atoms. The molecule has 7 nitrogen and oxygen atoms in total. The Morgan fingerprint density at radius 3 is 2.64 bits per heavy atom. The van der Waals surface area contributed by atoms with Gasteiger partial charge in [0.05, 0.1) is 18.2 Å². The first kappa shape index (κ1) is 16.2. The molecule has 0 saturated heterocycles. The predicted octanol–water partition coefficient (Wildman–Crippen LogP) is 4.07. The number of ether oxygens (including phenoxy) is 1. The number of benzene rings is 2. The zero-order valence-electron chi connectivity index (χ0n) is 14.7. The second-order valence-electron chi connectivity index (χ2n) is 6.18. The van der Waals surface area contributed by atoms with Crippen LogP contribution < -0.4 is 10.4 Å². The van der Waals surface area contributed by atoms with Crippen molar-refractivity contribution in [2.24, 2.45) is 0 Å². The number of para-hydroxylation sites is 1. The zero-order valence-corrected chi connectivity index (χ0v) is 14.7. The van der Waals surface area contributed by atoms with E-state index in [2.05, 4.69) is 15.2 Å². The van der Waals surface area contributed by atoms with Gasteiger partial charge in [-0.1, -0.05) is 18.2 Å². The van der Waals surface area contributed by atoms with Gasteiger partial charge in [-0.3, -0.25) is 4.98 Å². The Hall–Kier alpha value is -4.00. The van der Waals surface area contributed by atoms with Gasteiger partial charge in [0.15, 0.2) is 0 Å². The molecule has 5 aromatic rings. The van der Waals surface area contributed by atoms with Crippen molar-refractivity contribution in [2.75, 3.05) is 7.11 Å². The molecule has 0 fully saturated rings. The van der Waals surface area contributed by atoms with Gasteiger partial charge in [0.25, 0.3) is 5.89 Å². The van der Waals surface area contributed by atoms with Gasteiger partial charge in [0, 0.05) is 17.0 Å². The molecule has 0 amide bonds. The molecule has 0 bridgehead atoms. The molecule has 0 aliphatic carbocycles. The summed E-state index contributed by atoms with van der Waals surface area (Å²) in [7, 11) is 1.57. The van der Waals surface area contributed by atoms with Gasteiger partial charge >= 0.3 is 5.63 Å². The smallest absolute Gasteiger partial charge is 0.349 e. The van der Waals surface area contributed by atoms with Crippen LogP contribution in [0.4, 0.5) is 0 Å². The van der Waals surface area contributed by atoms with Gasteiger partial charge in [-0.2, -0.15) is 0 Å². The van der Waals surface area contributed by atoms with E-state index >= 15 is 0 Å². The van der Waals surface area contributed by atoms with Crippen molar-refractivity contribution in [3.8, 4) is 28.7 Å². The van der Waals surface area contributed by atoms with Crippen molar-refractivity contribution in [1.82, 2.24) is 15.2 Å². The fourth-order valence-electron chi connectivity index (χ4n) is 3.01. The third-order valence-corrected chi connectivity index (χ3v) is 4.43. The molecule has 0 radical (unpaired) electrons. The van der Waals surface area contributed by atoms with E-state index in [9.17, 15) is 4.79 Å². The SMILES string of the molecule is COc1ccc2oc(=O)c(-c3nnc(-c4cnc5ccccc5c4)o3)cc2c1. The Balaban J connectivity index is 1.60. The third kappa shape index (κ3) is 2.69. The lowest BCUT2D eigenvalue weighted by Crippen LogP contribution is -2.02. The summed E-state index contributed by atoms with van der Waals surface area (Å²) < 4.78 is 16.3. The van der Waals surface area contributed by atoms with Gasteiger partial charge in [-0.15, -0.1) is 10.2 Å². The second-order valence-corrected chi connectivity index (χ2v) is 6.18. The van der Waals surface area contributed by atoms with Gasteiger partial charge in [0.2, 0.25) is 5.89 Å². The third-order valence-electron chi connectivity index (χ3n) is 4.43. The summed E-state index contributed by atoms with van der Waals surface area (Å²) in [6.07, 6.45) is 1.66. The van der Waals surface area contributed by atoms with E-state index in [1.54, 1.807) is 37.6 Å². The number of nitrogens with zero attached hydrogens (tertiary/aromatic N) is 3. The number of pyridine rings is 1. The number of fused-ring (bicyclic) bond motifs is 2. The van der Waals surface area contributed by atoms with Crippen LogP contribution in [0.2, 0.25) is 0 Å². The normalized spacial score (nSPS) is 11.2. The highest BCUT2D eigenvalue weighted by molar-refractivity contribution is 5.83. The number of hydrogen-bond donors (Lipinski definition) is 0. The average molecular weight is 371 g/mol. The Bertz CT molecular complexity index is 1390. The average Bonchev–Trinajstić information content (AvgIpc) is 3.22. The molecule has 3 aromatic heterocycles. The highest BCUT2D eigenvalue weighted by Gasteiger charge is 2.16. The monoisotopic (exact) mass is 371 g/mol. The Labute approximate surface area is 158 Å². The van der Waals surface area contributed by atoms with Crippen LogP contribution in [0, 0.1) is 0 Å². The number of methoxy groups -OCH3 is 1. The van der Waals surface area contributed by atoms with Crippen LogP contribution in [0.25, 0.3) is 44.8 Å². The Morgan fingerprint density at radius 1 is 0.893 bits per heavy atom. The maximum absolute atomic E-state index is 12.4. The predicted molar refractivity (Wildman–Crippen MR) is 103 cm³/mol. The van der Waals surface area contributed by atoms with Crippen LogP contribution in [0.5, 0.6) is 5.75 Å². The van der Waals surface area contributed by atoms with Gasteiger partial charge in [-0.05, 0) is 36.4 Å². The van der Waals surface area contributed by atoms with Gasteiger partial charge in [-0.25, -0.2) is 4.79 Å². The standard InChI is InChI=1S/C21H13N3O4/c1-26-15-6-7-18-13(9-15)10-16(21(25)27-18)20-24-23-19(28-20)14-8-12-4-2-3-5-17(12)22-11-14/h2-11H,1H3. The molecule has 5 rings (SSSR count). The highest BCUT2D eigenvalue weighted by Crippen LogP contribution is 2.27. The molecule has 0 spiro atoms. The van der Waals surface area contributed by atoms with Gasteiger partial charge in [0.1, 0.15) is 16.9 Å². The molecular weight excluding hydrogens is 358 g/mol. The maximum Gasteiger partial charge on any atom is 0.349 e. The molecule has 0 atom stereocenters. The fourth-order valence-corrected chi connectivity index (χ4v) is 3.01. The first-order valence-corrected chi connectivity index (χ1v) is 8.52. The van der Waals surface area contributed by atoms with E-state index in [0.29, 0.717) is 22.3 Å². The molecule has 0 aliphatic rings. The lowest BCUT2D eigenvalue weighted by Gasteiger charge is -2.02. The zero-order chi connectivity index (χ0) is 19.1. The second kappa shape index (κ2) is 6.31. The molecule has 0 N–H and O–H groups in total. The fraction of sp³-hybridized carbons (Fsp3) is 0.0476. The topological polar surface area (TPSA) is 91.2 Å². The molecular formula is C21H13N3O4. The van der Waals surface area contributed by atoms with Crippen LogP contribution >= 0.6 is 0 Å². The minimum atomic E-state index is -0.551. The minimum Gasteiger partial charge on any atom is -0.497 e. The van der Waals surface area contributed by atoms with Crippen LogP contribution in [0.15, 0.2) is 74.4 Å². The van der Waals surface area contributed by atoms with E-state index in [0.717, 1.165) is 10.9 Å². The summed E-state index contributed by atoms with van der Waals surface area (Å²) in [4.78, 5) is 16.8. The molecule has 0 saturated carbocycles. The summed E-state index contributed by atoms with van der Waals surface area (Å²) in [6.45, 7) is 0. The van der Waals surface area contributed by atoms with Crippen LogP contribution in [-0.4, -0.2) is 22.3 Å². The van der Waals surface area contributed by atoms with Crippen LogP contribution in [0.3, 0.4) is 0 Å². The number of hydrogen-bond acceptors (Lipinski definition) is 7. The van der Waals surface area contributed by atoms with Crippen LogP contribution in [-0.2, 0) is 0 Å². The summed E-state index contributed by atoms with van der Waals surface area (Å²) >= 11 is 0. The number of rotatable bonds is 3.